The molecule has 3 N–H and O–H groups in total. The molecule has 1 aliphatic heterocycles. The fraction of sp³-hybridized carbons (Fsp3) is 0.192. The minimum absolute atomic E-state index is 0.125. The Bertz CT molecular complexity index is 1350. The Morgan fingerprint density at radius 1 is 1.26 bits per heavy atom. The lowest BCUT2D eigenvalue weighted by atomic mass is 10.1. The molecule has 0 unspecified atom stereocenters. The van der Waals surface area contributed by atoms with Crippen molar-refractivity contribution in [1.29, 1.82) is 0 Å². The molecule has 0 spiro atoms. The minimum Gasteiger partial charge on any atom is -0.382 e. The Morgan fingerprint density at radius 3 is 2.71 bits per heavy atom. The highest BCUT2D eigenvalue weighted by Gasteiger charge is 2.33. The van der Waals surface area contributed by atoms with Crippen LogP contribution in [0.4, 0.5) is 5.82 Å². The van der Waals surface area contributed by atoms with Crippen molar-refractivity contribution in [2.24, 2.45) is 4.99 Å². The third-order valence-electron chi connectivity index (χ3n) is 5.84. The number of nitrogens with zero attached hydrogens (tertiary/aromatic N) is 5. The van der Waals surface area contributed by atoms with Crippen molar-refractivity contribution in [1.82, 2.24) is 24.6 Å². The Hall–Kier alpha value is -4.53. The van der Waals surface area contributed by atoms with Gasteiger partial charge in [-0.25, -0.2) is 15.0 Å². The number of allylic oxidation sites excluding steroid dienone is 1. The van der Waals surface area contributed by atoms with Crippen molar-refractivity contribution in [2.45, 2.75) is 25.8 Å². The maximum atomic E-state index is 12.7. The van der Waals surface area contributed by atoms with Gasteiger partial charge in [0.05, 0.1) is 6.04 Å². The summed E-state index contributed by atoms with van der Waals surface area (Å²) in [7, 11) is 0. The van der Waals surface area contributed by atoms with Crippen molar-refractivity contribution >= 4 is 29.0 Å². The topological polar surface area (TPSA) is 118 Å². The number of anilines is 1. The van der Waals surface area contributed by atoms with Crippen molar-refractivity contribution in [3.05, 3.63) is 85.6 Å². The molecule has 1 atom stereocenters. The quantitative estimate of drug-likeness (QED) is 0.324. The second-order valence-corrected chi connectivity index (χ2v) is 7.97. The molecule has 0 aliphatic carbocycles. The number of hydrogen-bond donors (Lipinski definition) is 2. The highest BCUT2D eigenvalue weighted by Crippen LogP contribution is 2.36. The first-order valence-corrected chi connectivity index (χ1v) is 11.3. The van der Waals surface area contributed by atoms with E-state index < -0.39 is 0 Å². The lowest BCUT2D eigenvalue weighted by Crippen LogP contribution is -2.29. The number of fused-ring (bicyclic) bond motifs is 1. The fourth-order valence-electron chi connectivity index (χ4n) is 4.28. The van der Waals surface area contributed by atoms with Gasteiger partial charge in [-0.1, -0.05) is 31.4 Å². The van der Waals surface area contributed by atoms with E-state index in [1.54, 1.807) is 41.6 Å². The molecule has 3 aromatic rings. The minimum atomic E-state index is -0.295. The second kappa shape index (κ2) is 10.2. The summed E-state index contributed by atoms with van der Waals surface area (Å²) >= 11 is 0. The summed E-state index contributed by atoms with van der Waals surface area (Å²) < 4.78 is 1.90. The molecule has 35 heavy (non-hydrogen) atoms. The summed E-state index contributed by atoms with van der Waals surface area (Å²) in [5, 5.41) is 2.75. The monoisotopic (exact) mass is 469 g/mol. The van der Waals surface area contributed by atoms with Crippen LogP contribution in [0.3, 0.4) is 0 Å². The summed E-state index contributed by atoms with van der Waals surface area (Å²) in [6.07, 6.45) is 11.3. The highest BCUT2D eigenvalue weighted by molar-refractivity contribution is 6.10. The van der Waals surface area contributed by atoms with Gasteiger partial charge in [0.15, 0.2) is 0 Å². The van der Waals surface area contributed by atoms with Gasteiger partial charge in [0, 0.05) is 36.3 Å². The van der Waals surface area contributed by atoms with Gasteiger partial charge >= 0.3 is 0 Å². The lowest BCUT2D eigenvalue weighted by molar-refractivity contribution is -0.127. The number of nitrogen functional groups attached to an aromatic ring is 1. The zero-order valence-corrected chi connectivity index (χ0v) is 19.5. The van der Waals surface area contributed by atoms with Gasteiger partial charge in [-0.3, -0.25) is 14.0 Å². The van der Waals surface area contributed by atoms with E-state index in [-0.39, 0.29) is 17.9 Å². The summed E-state index contributed by atoms with van der Waals surface area (Å²) in [5.74, 6) is 1.03. The Morgan fingerprint density at radius 2 is 2.03 bits per heavy atom. The number of carbonyl (C=O) groups is 2. The van der Waals surface area contributed by atoms with E-state index in [0.717, 1.165) is 24.2 Å². The molecule has 1 aliphatic rings. The second-order valence-electron chi connectivity index (χ2n) is 7.97. The summed E-state index contributed by atoms with van der Waals surface area (Å²) in [6, 6.07) is 6.87. The standard InChI is InChI=1S/C26H27N7O2/c1-4-8-20(28-6-3)30-26(35)18-12-10-17(11-13-18)22-23-24(27)29-14-16-33(23)25(31-22)19-9-7-15-32(19)21(34)5-2/h4-6,8,10-14,16,19H,2-3,7,9,15H2,1H3,(H2,27,29)(H,28,30,35)/b8-4-/t19-/m0/s1. The summed E-state index contributed by atoms with van der Waals surface area (Å²) in [4.78, 5) is 40.1. The third kappa shape index (κ3) is 4.61. The predicted molar refractivity (Wildman–Crippen MR) is 137 cm³/mol. The first-order valence-electron chi connectivity index (χ1n) is 11.3. The number of nitrogens with one attached hydrogen (secondary N) is 1. The van der Waals surface area contributed by atoms with Crippen LogP contribution >= 0.6 is 0 Å². The van der Waals surface area contributed by atoms with E-state index in [1.165, 1.54) is 12.3 Å². The normalized spacial score (nSPS) is 16.1. The number of amides is 2. The first kappa shape index (κ1) is 23.6. The van der Waals surface area contributed by atoms with E-state index in [9.17, 15) is 9.59 Å². The number of carbonyl (C=O) groups excluding carboxylic acids is 2. The maximum absolute atomic E-state index is 12.7. The highest BCUT2D eigenvalue weighted by atomic mass is 16.2. The van der Waals surface area contributed by atoms with Crippen LogP contribution in [0.1, 0.15) is 42.0 Å². The fourth-order valence-corrected chi connectivity index (χ4v) is 4.28. The molecule has 9 nitrogen and oxygen atoms in total. The van der Waals surface area contributed by atoms with Gasteiger partial charge in [-0.15, -0.1) is 0 Å². The zero-order valence-electron chi connectivity index (χ0n) is 19.5. The number of aliphatic imine (C=N–C) groups is 1. The smallest absolute Gasteiger partial charge is 0.256 e. The van der Waals surface area contributed by atoms with Crippen molar-refractivity contribution in [2.75, 3.05) is 12.3 Å². The molecule has 2 amide bonds. The van der Waals surface area contributed by atoms with Crippen LogP contribution in [0.25, 0.3) is 16.8 Å². The molecule has 9 heteroatoms. The van der Waals surface area contributed by atoms with Crippen LogP contribution in [-0.4, -0.2) is 43.5 Å². The van der Waals surface area contributed by atoms with Gasteiger partial charge in [0.1, 0.15) is 28.7 Å². The number of aromatic nitrogens is 3. The van der Waals surface area contributed by atoms with Crippen LogP contribution in [0, 0.1) is 0 Å². The van der Waals surface area contributed by atoms with Crippen LogP contribution in [-0.2, 0) is 4.79 Å². The molecule has 0 saturated carbocycles. The van der Waals surface area contributed by atoms with Gasteiger partial charge in [0.25, 0.3) is 5.91 Å². The molecule has 2 aromatic heterocycles. The van der Waals surface area contributed by atoms with Gasteiger partial charge in [-0.2, -0.15) is 0 Å². The van der Waals surface area contributed by atoms with Crippen LogP contribution in [0.2, 0.25) is 0 Å². The Balaban J connectivity index is 1.71. The SMILES string of the molecule is C=C/N=C(\C=C/C)NC(=O)c1ccc(-c2nc([C@@H]3CCCN3C(=O)C=C)n3ccnc(N)c23)cc1. The molecule has 1 aromatic carbocycles. The van der Waals surface area contributed by atoms with E-state index >= 15 is 0 Å². The third-order valence-corrected chi connectivity index (χ3v) is 5.84. The number of amidine groups is 1. The molecule has 1 fully saturated rings. The van der Waals surface area contributed by atoms with Crippen molar-refractivity contribution < 1.29 is 9.59 Å². The molecule has 0 radical (unpaired) electrons. The summed E-state index contributed by atoms with van der Waals surface area (Å²) in [5.41, 5.74) is 8.79. The number of imidazole rings is 1. The first-order chi connectivity index (χ1) is 17.0. The lowest BCUT2D eigenvalue weighted by Gasteiger charge is -2.22. The van der Waals surface area contributed by atoms with Crippen LogP contribution < -0.4 is 11.1 Å². The van der Waals surface area contributed by atoms with Crippen LogP contribution in [0.5, 0.6) is 0 Å². The number of rotatable bonds is 6. The van der Waals surface area contributed by atoms with Crippen molar-refractivity contribution in [3.8, 4) is 11.3 Å². The van der Waals surface area contributed by atoms with E-state index in [1.807, 2.05) is 23.5 Å². The van der Waals surface area contributed by atoms with Gasteiger partial charge < -0.3 is 16.0 Å². The molecule has 178 valence electrons. The maximum Gasteiger partial charge on any atom is 0.256 e. The number of hydrogen-bond acceptors (Lipinski definition) is 6. The average molecular weight is 470 g/mol. The molecule has 1 saturated heterocycles. The molecule has 4 rings (SSSR count). The van der Waals surface area contributed by atoms with Gasteiger partial charge in [-0.05, 0) is 44.1 Å². The van der Waals surface area contributed by atoms with Gasteiger partial charge in [0.2, 0.25) is 5.91 Å². The molecular formula is C26H27N7O2. The molecular weight excluding hydrogens is 442 g/mol. The molecule has 3 heterocycles. The van der Waals surface area contributed by atoms with E-state index in [4.69, 9.17) is 10.7 Å². The van der Waals surface area contributed by atoms with E-state index in [2.05, 4.69) is 28.5 Å². The Kier molecular flexibility index (Phi) is 6.86. The number of nitrogens with two attached hydrogens (primary N) is 1. The number of likely N-dealkylation sites (tertiary alicyclic amines) is 1. The average Bonchev–Trinajstić information content (AvgIpc) is 3.49. The molecule has 0 bridgehead atoms. The summed E-state index contributed by atoms with van der Waals surface area (Å²) in [6.45, 7) is 9.67. The zero-order chi connectivity index (χ0) is 24.9. The van der Waals surface area contributed by atoms with E-state index in [0.29, 0.717) is 35.0 Å². The van der Waals surface area contributed by atoms with Crippen LogP contribution in [0.15, 0.2) is 79.2 Å². The Labute approximate surface area is 203 Å². The predicted octanol–water partition coefficient (Wildman–Crippen LogP) is 3.68. The van der Waals surface area contributed by atoms with Crippen molar-refractivity contribution in [3.63, 3.8) is 0 Å². The number of benzene rings is 1. The largest absolute Gasteiger partial charge is 0.382 e.